The van der Waals surface area contributed by atoms with Gasteiger partial charge in [-0.3, -0.25) is 0 Å². The Balaban J connectivity index is 2.06. The fourth-order valence-corrected chi connectivity index (χ4v) is 4.09. The minimum absolute atomic E-state index is 0.565. The first-order chi connectivity index (χ1) is 8.20. The maximum atomic E-state index is 3.68. The van der Waals surface area contributed by atoms with Crippen LogP contribution in [0.4, 0.5) is 0 Å². The Morgan fingerprint density at radius 2 is 2.12 bits per heavy atom. The Labute approximate surface area is 117 Å². The predicted molar refractivity (Wildman–Crippen MR) is 79.6 cm³/mol. The summed E-state index contributed by atoms with van der Waals surface area (Å²) in [4.78, 5) is 0. The fraction of sp³-hybridized carbons (Fsp3) is 0.714. The molecular weight excluding hydrogens is 294 g/mol. The van der Waals surface area contributed by atoms with Gasteiger partial charge in [-0.15, -0.1) is 11.3 Å². The molecule has 1 aromatic rings. The summed E-state index contributed by atoms with van der Waals surface area (Å²) >= 11 is 5.38. The van der Waals surface area contributed by atoms with E-state index < -0.39 is 0 Å². The number of rotatable bonds is 4. The van der Waals surface area contributed by atoms with Gasteiger partial charge < -0.3 is 5.32 Å². The van der Waals surface area contributed by atoms with Crippen LogP contribution in [0.2, 0.25) is 0 Å². The molecule has 0 radical (unpaired) electrons. The Morgan fingerprint density at radius 3 is 2.65 bits per heavy atom. The molecule has 1 aliphatic carbocycles. The zero-order chi connectivity index (χ0) is 12.3. The van der Waals surface area contributed by atoms with Gasteiger partial charge in [0.1, 0.15) is 0 Å². The topological polar surface area (TPSA) is 12.0 Å². The average Bonchev–Trinajstić information content (AvgIpc) is 2.74. The number of nitrogens with one attached hydrogen (secondary N) is 1. The monoisotopic (exact) mass is 315 g/mol. The molecule has 0 amide bonds. The van der Waals surface area contributed by atoms with Crippen LogP contribution in [0.1, 0.15) is 51.1 Å². The molecule has 1 fully saturated rings. The third kappa shape index (κ3) is 3.55. The van der Waals surface area contributed by atoms with Crippen molar-refractivity contribution in [1.29, 1.82) is 0 Å². The molecule has 0 aliphatic heterocycles. The second-order valence-corrected chi connectivity index (χ2v) is 7.53. The molecule has 1 atom stereocenters. The largest absolute Gasteiger partial charge is 0.310 e. The number of hydrogen-bond donors (Lipinski definition) is 1. The third-order valence-electron chi connectivity index (χ3n) is 3.90. The molecule has 0 saturated heterocycles. The highest BCUT2D eigenvalue weighted by molar-refractivity contribution is 9.11. The molecule has 0 aromatic carbocycles. The highest BCUT2D eigenvalue weighted by Crippen LogP contribution is 2.38. The maximum Gasteiger partial charge on any atom is 0.0701 e. The van der Waals surface area contributed by atoms with E-state index in [4.69, 9.17) is 0 Å². The van der Waals surface area contributed by atoms with E-state index in [2.05, 4.69) is 46.5 Å². The van der Waals surface area contributed by atoms with Gasteiger partial charge in [-0.25, -0.2) is 0 Å². The van der Waals surface area contributed by atoms with Crippen molar-refractivity contribution < 1.29 is 0 Å². The summed E-state index contributed by atoms with van der Waals surface area (Å²) in [5.41, 5.74) is 1.48. The quantitative estimate of drug-likeness (QED) is 0.825. The van der Waals surface area contributed by atoms with Crippen molar-refractivity contribution in [3.8, 4) is 0 Å². The van der Waals surface area contributed by atoms with Gasteiger partial charge in [-0.2, -0.15) is 0 Å². The van der Waals surface area contributed by atoms with Crippen molar-refractivity contribution in [2.24, 2.45) is 11.8 Å². The number of hydrogen-bond acceptors (Lipinski definition) is 2. The minimum Gasteiger partial charge on any atom is -0.310 e. The lowest BCUT2D eigenvalue weighted by atomic mass is 9.78. The van der Waals surface area contributed by atoms with Crippen LogP contribution < -0.4 is 5.32 Å². The SMILES string of the molecule is CCNC(c1csc(Br)c1)C1CCC(C)CC1. The molecule has 0 bridgehead atoms. The summed E-state index contributed by atoms with van der Waals surface area (Å²) in [5, 5.41) is 5.98. The van der Waals surface area contributed by atoms with E-state index in [0.717, 1.165) is 18.4 Å². The average molecular weight is 316 g/mol. The molecule has 1 heterocycles. The molecule has 2 rings (SSSR count). The molecule has 1 aromatic heterocycles. The van der Waals surface area contributed by atoms with E-state index in [9.17, 15) is 0 Å². The Bertz CT molecular complexity index is 342. The molecule has 96 valence electrons. The second kappa shape index (κ2) is 6.35. The van der Waals surface area contributed by atoms with Gasteiger partial charge in [-0.1, -0.05) is 26.7 Å². The van der Waals surface area contributed by atoms with E-state index in [1.807, 2.05) is 0 Å². The van der Waals surface area contributed by atoms with Gasteiger partial charge in [0.25, 0.3) is 0 Å². The van der Waals surface area contributed by atoms with Crippen LogP contribution in [0.25, 0.3) is 0 Å². The second-order valence-electron chi connectivity index (χ2n) is 5.24. The van der Waals surface area contributed by atoms with Crippen LogP contribution in [-0.2, 0) is 0 Å². The van der Waals surface area contributed by atoms with Gasteiger partial charge in [0.05, 0.1) is 3.79 Å². The third-order valence-corrected chi connectivity index (χ3v) is 5.43. The maximum absolute atomic E-state index is 3.68. The first-order valence-electron chi connectivity index (χ1n) is 6.68. The molecule has 1 N–H and O–H groups in total. The van der Waals surface area contributed by atoms with Crippen molar-refractivity contribution in [1.82, 2.24) is 5.32 Å². The summed E-state index contributed by atoms with van der Waals surface area (Å²) in [5.74, 6) is 1.76. The minimum atomic E-state index is 0.565. The summed E-state index contributed by atoms with van der Waals surface area (Å²) in [6, 6.07) is 2.85. The van der Waals surface area contributed by atoms with Crippen LogP contribution in [0, 0.1) is 11.8 Å². The van der Waals surface area contributed by atoms with Gasteiger partial charge in [-0.05, 0) is 64.2 Å². The first-order valence-corrected chi connectivity index (χ1v) is 8.35. The predicted octanol–water partition coefficient (Wildman–Crippen LogP) is 4.99. The van der Waals surface area contributed by atoms with Gasteiger partial charge in [0.15, 0.2) is 0 Å². The highest BCUT2D eigenvalue weighted by atomic mass is 79.9. The number of halogens is 1. The Morgan fingerprint density at radius 1 is 1.41 bits per heavy atom. The first kappa shape index (κ1) is 13.6. The van der Waals surface area contributed by atoms with Crippen LogP contribution in [0.5, 0.6) is 0 Å². The molecule has 1 nitrogen and oxygen atoms in total. The van der Waals surface area contributed by atoms with Crippen molar-refractivity contribution >= 4 is 27.3 Å². The number of thiophene rings is 1. The zero-order valence-corrected chi connectivity index (χ0v) is 13.1. The lowest BCUT2D eigenvalue weighted by Crippen LogP contribution is -2.30. The van der Waals surface area contributed by atoms with Gasteiger partial charge >= 0.3 is 0 Å². The zero-order valence-electron chi connectivity index (χ0n) is 10.7. The molecular formula is C14H22BrNS. The van der Waals surface area contributed by atoms with Crippen LogP contribution in [0.3, 0.4) is 0 Å². The lowest BCUT2D eigenvalue weighted by Gasteiger charge is -2.33. The lowest BCUT2D eigenvalue weighted by molar-refractivity contribution is 0.233. The molecule has 1 unspecified atom stereocenters. The Kier molecular flexibility index (Phi) is 5.07. The highest BCUT2D eigenvalue weighted by Gasteiger charge is 2.27. The summed E-state index contributed by atoms with van der Waals surface area (Å²) in [7, 11) is 0. The van der Waals surface area contributed by atoms with Crippen LogP contribution >= 0.6 is 27.3 Å². The summed E-state index contributed by atoms with van der Waals surface area (Å²) < 4.78 is 1.25. The fourth-order valence-electron chi connectivity index (χ4n) is 2.88. The van der Waals surface area contributed by atoms with Crippen molar-refractivity contribution in [3.63, 3.8) is 0 Å². The summed E-state index contributed by atoms with van der Waals surface area (Å²) in [6.07, 6.45) is 5.56. The van der Waals surface area contributed by atoms with E-state index in [1.165, 1.54) is 35.0 Å². The molecule has 1 saturated carbocycles. The van der Waals surface area contributed by atoms with E-state index >= 15 is 0 Å². The van der Waals surface area contributed by atoms with Crippen molar-refractivity contribution in [2.75, 3.05) is 6.54 Å². The van der Waals surface area contributed by atoms with Crippen molar-refractivity contribution in [3.05, 3.63) is 20.8 Å². The molecule has 1 aliphatic rings. The van der Waals surface area contributed by atoms with E-state index in [1.54, 1.807) is 11.3 Å². The normalized spacial score (nSPS) is 27.0. The van der Waals surface area contributed by atoms with Crippen molar-refractivity contribution in [2.45, 2.75) is 45.6 Å². The smallest absolute Gasteiger partial charge is 0.0701 e. The standard InChI is InChI=1S/C14H22BrNS/c1-3-16-14(12-8-13(15)17-9-12)11-6-4-10(2)5-7-11/h8-11,14,16H,3-7H2,1-2H3. The molecule has 0 spiro atoms. The summed E-state index contributed by atoms with van der Waals surface area (Å²) in [6.45, 7) is 5.66. The molecule has 17 heavy (non-hydrogen) atoms. The van der Waals surface area contributed by atoms with Gasteiger partial charge in [0.2, 0.25) is 0 Å². The Hall–Kier alpha value is 0.140. The molecule has 3 heteroatoms. The van der Waals surface area contributed by atoms with Crippen LogP contribution in [-0.4, -0.2) is 6.54 Å². The van der Waals surface area contributed by atoms with Crippen LogP contribution in [0.15, 0.2) is 15.2 Å². The van der Waals surface area contributed by atoms with Gasteiger partial charge in [0, 0.05) is 6.04 Å². The van der Waals surface area contributed by atoms with E-state index in [-0.39, 0.29) is 0 Å². The van der Waals surface area contributed by atoms with E-state index in [0.29, 0.717) is 6.04 Å².